The largest absolute Gasteiger partial charge is 0.416 e. The van der Waals surface area contributed by atoms with Gasteiger partial charge in [-0.2, -0.15) is 13.2 Å². The van der Waals surface area contributed by atoms with Gasteiger partial charge in [-0.05, 0) is 125 Å². The predicted molar refractivity (Wildman–Crippen MR) is 273 cm³/mol. The molecule has 2 heterocycles. The first-order valence-corrected chi connectivity index (χ1v) is 22.9. The summed E-state index contributed by atoms with van der Waals surface area (Å²) in [6, 6.07) is 69.6. The standard InChI is InChI=1S/C62H40F3N3/c1-61(2)54-20-12-11-19-47(54)51-32-42(24-29-55(51)61)41-23-28-46-44-17-9-10-18-45(44)50-35-58-53(34-49(50)48(46)31-41)52-33-40(37-21-26-43(27-22-37)62(63,64)65)25-30-57(52)68(58)59-36-56(38-13-5-3-6-14-38)66-60(67-59)39-15-7-4-8-16-39/h3-36H,1-2H3. The molecule has 0 saturated carbocycles. The third kappa shape index (κ3) is 6.21. The predicted octanol–water partition coefficient (Wildman–Crippen LogP) is 17.0. The Kier molecular flexibility index (Phi) is 8.72. The van der Waals surface area contributed by atoms with Crippen molar-refractivity contribution in [2.24, 2.45) is 0 Å². The second-order valence-corrected chi connectivity index (χ2v) is 18.5. The quantitative estimate of drug-likeness (QED) is 0.161. The molecule has 1 aliphatic rings. The summed E-state index contributed by atoms with van der Waals surface area (Å²) in [7, 11) is 0. The number of alkyl halides is 3. The zero-order valence-electron chi connectivity index (χ0n) is 37.1. The summed E-state index contributed by atoms with van der Waals surface area (Å²) in [5.74, 6) is 1.30. The van der Waals surface area contributed by atoms with Crippen molar-refractivity contribution in [3.63, 3.8) is 0 Å². The van der Waals surface area contributed by atoms with Gasteiger partial charge in [-0.15, -0.1) is 0 Å². The van der Waals surface area contributed by atoms with E-state index in [1.165, 1.54) is 22.3 Å². The van der Waals surface area contributed by atoms with Crippen LogP contribution in [0.1, 0.15) is 30.5 Å². The zero-order chi connectivity index (χ0) is 45.9. The van der Waals surface area contributed by atoms with Gasteiger partial charge in [-0.3, -0.25) is 4.57 Å². The van der Waals surface area contributed by atoms with Crippen LogP contribution in [0.15, 0.2) is 206 Å². The summed E-state index contributed by atoms with van der Waals surface area (Å²) in [6.07, 6.45) is -4.43. The molecule has 10 aromatic carbocycles. The Balaban J connectivity index is 1.10. The van der Waals surface area contributed by atoms with Crippen molar-refractivity contribution in [1.29, 1.82) is 0 Å². The van der Waals surface area contributed by atoms with Gasteiger partial charge in [0, 0.05) is 33.4 Å². The number of nitrogens with zero attached hydrogens (tertiary/aromatic N) is 3. The van der Waals surface area contributed by atoms with Crippen LogP contribution < -0.4 is 0 Å². The molecule has 0 aliphatic heterocycles. The monoisotopic (exact) mass is 883 g/mol. The number of fused-ring (bicyclic) bond motifs is 12. The molecule has 68 heavy (non-hydrogen) atoms. The fourth-order valence-electron chi connectivity index (χ4n) is 10.8. The molecule has 12 aromatic rings. The highest BCUT2D eigenvalue weighted by molar-refractivity contribution is 6.29. The molecule has 0 radical (unpaired) electrons. The molecule has 0 fully saturated rings. The molecule has 2 aromatic heterocycles. The van der Waals surface area contributed by atoms with Crippen LogP contribution in [-0.2, 0) is 11.6 Å². The van der Waals surface area contributed by atoms with E-state index in [2.05, 4.69) is 146 Å². The lowest BCUT2D eigenvalue weighted by molar-refractivity contribution is -0.137. The van der Waals surface area contributed by atoms with Crippen molar-refractivity contribution in [2.45, 2.75) is 25.4 Å². The van der Waals surface area contributed by atoms with Crippen LogP contribution in [0.2, 0.25) is 0 Å². The van der Waals surface area contributed by atoms with Crippen LogP contribution >= 0.6 is 0 Å². The van der Waals surface area contributed by atoms with Gasteiger partial charge in [0.2, 0.25) is 0 Å². The van der Waals surface area contributed by atoms with Crippen LogP contribution in [-0.4, -0.2) is 14.5 Å². The first-order chi connectivity index (χ1) is 33.1. The minimum absolute atomic E-state index is 0.0854. The normalized spacial score (nSPS) is 13.2. The van der Waals surface area contributed by atoms with Crippen molar-refractivity contribution >= 4 is 54.1 Å². The lowest BCUT2D eigenvalue weighted by atomic mass is 9.82. The second-order valence-electron chi connectivity index (χ2n) is 18.5. The van der Waals surface area contributed by atoms with Gasteiger partial charge < -0.3 is 0 Å². The second kappa shape index (κ2) is 14.8. The SMILES string of the molecule is CC1(C)c2ccccc2-c2cc(-c3ccc4c5ccccc5c5cc6c(cc5c4c3)c3cc(-c4ccc(C(F)(F)F)cc4)ccc3n6-c3cc(-c4ccccc4)nc(-c4ccccc4)n3)ccc21. The molecular formula is C62H40F3N3. The Morgan fingerprint density at radius 2 is 0.926 bits per heavy atom. The minimum atomic E-state index is -4.43. The number of benzene rings is 10. The van der Waals surface area contributed by atoms with Crippen molar-refractivity contribution < 1.29 is 13.2 Å². The molecule has 3 nitrogen and oxygen atoms in total. The number of rotatable bonds is 5. The number of halogens is 3. The summed E-state index contributed by atoms with van der Waals surface area (Å²) in [5.41, 5.74) is 12.8. The summed E-state index contributed by atoms with van der Waals surface area (Å²) >= 11 is 0. The van der Waals surface area contributed by atoms with E-state index < -0.39 is 11.7 Å². The summed E-state index contributed by atoms with van der Waals surface area (Å²) in [6.45, 7) is 4.62. The van der Waals surface area contributed by atoms with Gasteiger partial charge in [-0.25, -0.2) is 9.97 Å². The van der Waals surface area contributed by atoms with E-state index in [1.54, 1.807) is 12.1 Å². The molecule has 324 valence electrons. The highest BCUT2D eigenvalue weighted by atomic mass is 19.4. The number of hydrogen-bond acceptors (Lipinski definition) is 2. The Morgan fingerprint density at radius 3 is 1.69 bits per heavy atom. The van der Waals surface area contributed by atoms with Crippen molar-refractivity contribution in [2.75, 3.05) is 0 Å². The minimum Gasteiger partial charge on any atom is -0.294 e. The molecule has 0 spiro atoms. The Morgan fingerprint density at radius 1 is 0.382 bits per heavy atom. The van der Waals surface area contributed by atoms with Crippen LogP contribution in [0.25, 0.3) is 116 Å². The molecule has 0 N–H and O–H groups in total. The van der Waals surface area contributed by atoms with E-state index in [4.69, 9.17) is 9.97 Å². The molecule has 0 atom stereocenters. The van der Waals surface area contributed by atoms with Crippen LogP contribution in [0.3, 0.4) is 0 Å². The fourth-order valence-corrected chi connectivity index (χ4v) is 10.8. The lowest BCUT2D eigenvalue weighted by Crippen LogP contribution is -2.14. The van der Waals surface area contributed by atoms with E-state index in [0.29, 0.717) is 17.2 Å². The summed E-state index contributed by atoms with van der Waals surface area (Å²) in [5, 5.41) is 8.78. The average molecular weight is 884 g/mol. The van der Waals surface area contributed by atoms with Crippen molar-refractivity contribution in [3.05, 3.63) is 223 Å². The maximum atomic E-state index is 13.7. The topological polar surface area (TPSA) is 30.7 Å². The molecular weight excluding hydrogens is 844 g/mol. The molecule has 0 amide bonds. The van der Waals surface area contributed by atoms with Crippen molar-refractivity contribution in [3.8, 4) is 61.8 Å². The van der Waals surface area contributed by atoms with E-state index in [9.17, 15) is 13.2 Å². The fraction of sp³-hybridized carbons (Fsp3) is 0.0645. The molecule has 0 saturated heterocycles. The zero-order valence-corrected chi connectivity index (χ0v) is 37.1. The third-order valence-electron chi connectivity index (χ3n) is 14.2. The van der Waals surface area contributed by atoms with Gasteiger partial charge in [0.1, 0.15) is 5.82 Å². The average Bonchev–Trinajstić information content (AvgIpc) is 3.82. The smallest absolute Gasteiger partial charge is 0.294 e. The summed E-state index contributed by atoms with van der Waals surface area (Å²) in [4.78, 5) is 10.4. The Hall–Kier alpha value is -8.35. The van der Waals surface area contributed by atoms with E-state index >= 15 is 0 Å². The maximum Gasteiger partial charge on any atom is 0.416 e. The van der Waals surface area contributed by atoms with E-state index in [-0.39, 0.29) is 5.41 Å². The molecule has 13 rings (SSSR count). The highest BCUT2D eigenvalue weighted by Gasteiger charge is 2.35. The van der Waals surface area contributed by atoms with Gasteiger partial charge in [-0.1, -0.05) is 166 Å². The van der Waals surface area contributed by atoms with Crippen LogP contribution in [0.5, 0.6) is 0 Å². The molecule has 6 heteroatoms. The van der Waals surface area contributed by atoms with Gasteiger partial charge >= 0.3 is 6.18 Å². The maximum absolute atomic E-state index is 13.7. The van der Waals surface area contributed by atoms with E-state index in [0.717, 1.165) is 99.8 Å². The van der Waals surface area contributed by atoms with Gasteiger partial charge in [0.25, 0.3) is 0 Å². The molecule has 0 bridgehead atoms. The first-order valence-electron chi connectivity index (χ1n) is 22.9. The first kappa shape index (κ1) is 40.0. The molecule has 1 aliphatic carbocycles. The van der Waals surface area contributed by atoms with E-state index in [1.807, 2.05) is 54.6 Å². The number of aromatic nitrogens is 3. The summed E-state index contributed by atoms with van der Waals surface area (Å²) < 4.78 is 43.4. The Labute approximate surface area is 390 Å². The van der Waals surface area contributed by atoms with Gasteiger partial charge in [0.15, 0.2) is 5.82 Å². The number of hydrogen-bond donors (Lipinski definition) is 0. The van der Waals surface area contributed by atoms with Crippen molar-refractivity contribution in [1.82, 2.24) is 14.5 Å². The third-order valence-corrected chi connectivity index (χ3v) is 14.2. The van der Waals surface area contributed by atoms with Crippen LogP contribution in [0.4, 0.5) is 13.2 Å². The Bertz CT molecular complexity index is 3960. The lowest BCUT2D eigenvalue weighted by Gasteiger charge is -2.21. The highest BCUT2D eigenvalue weighted by Crippen LogP contribution is 2.50. The van der Waals surface area contributed by atoms with Crippen LogP contribution in [0, 0.1) is 0 Å². The van der Waals surface area contributed by atoms with Gasteiger partial charge in [0.05, 0.1) is 22.3 Å². The molecule has 0 unspecified atom stereocenters.